The molecule has 0 atom stereocenters. The number of methoxy groups -OCH3 is 1. The molecule has 1 N–H and O–H groups in total. The summed E-state index contributed by atoms with van der Waals surface area (Å²) in [6.07, 6.45) is 1.24. The highest BCUT2D eigenvalue weighted by atomic mass is 32.2. The lowest BCUT2D eigenvalue weighted by Crippen LogP contribution is -2.47. The molecule has 24 heavy (non-hydrogen) atoms. The van der Waals surface area contributed by atoms with Gasteiger partial charge in [-0.3, -0.25) is 4.90 Å². The highest BCUT2D eigenvalue weighted by molar-refractivity contribution is 7.88. The zero-order valence-corrected chi connectivity index (χ0v) is 14.7. The summed E-state index contributed by atoms with van der Waals surface area (Å²) >= 11 is 0. The van der Waals surface area contributed by atoms with Crippen molar-refractivity contribution in [1.29, 1.82) is 0 Å². The van der Waals surface area contributed by atoms with Gasteiger partial charge in [0.2, 0.25) is 10.0 Å². The summed E-state index contributed by atoms with van der Waals surface area (Å²) in [4.78, 5) is 2.16. The van der Waals surface area contributed by atoms with Crippen LogP contribution in [0.5, 0.6) is 11.5 Å². The molecular formula is C17H22N2O4S. The van der Waals surface area contributed by atoms with Crippen LogP contribution in [0.4, 0.5) is 0 Å². The van der Waals surface area contributed by atoms with Gasteiger partial charge in [-0.2, -0.15) is 4.31 Å². The number of ether oxygens (including phenoxy) is 1. The minimum absolute atomic E-state index is 0.251. The van der Waals surface area contributed by atoms with Crippen molar-refractivity contribution in [3.8, 4) is 11.5 Å². The van der Waals surface area contributed by atoms with Crippen molar-refractivity contribution < 1.29 is 18.3 Å². The molecule has 0 radical (unpaired) electrons. The third-order valence-electron chi connectivity index (χ3n) is 4.50. The number of hydrogen-bond acceptors (Lipinski definition) is 5. The number of fused-ring (bicyclic) bond motifs is 1. The van der Waals surface area contributed by atoms with Crippen LogP contribution in [0.2, 0.25) is 0 Å². The van der Waals surface area contributed by atoms with Gasteiger partial charge in [0.1, 0.15) is 11.5 Å². The Bertz CT molecular complexity index is 843. The first-order valence-corrected chi connectivity index (χ1v) is 9.69. The van der Waals surface area contributed by atoms with Crippen LogP contribution in [0.1, 0.15) is 5.56 Å². The first kappa shape index (κ1) is 17.0. The van der Waals surface area contributed by atoms with Gasteiger partial charge >= 0.3 is 0 Å². The molecule has 1 aliphatic heterocycles. The number of sulfonamides is 1. The molecule has 0 bridgehead atoms. The molecule has 1 saturated heterocycles. The minimum Gasteiger partial charge on any atom is -0.508 e. The number of aromatic hydroxyl groups is 1. The van der Waals surface area contributed by atoms with E-state index in [4.69, 9.17) is 4.74 Å². The van der Waals surface area contributed by atoms with E-state index in [1.54, 1.807) is 13.2 Å². The van der Waals surface area contributed by atoms with Crippen LogP contribution >= 0.6 is 0 Å². The van der Waals surface area contributed by atoms with Crippen LogP contribution < -0.4 is 4.74 Å². The smallest absolute Gasteiger partial charge is 0.211 e. The molecule has 1 heterocycles. The number of rotatable bonds is 4. The van der Waals surface area contributed by atoms with Crippen molar-refractivity contribution in [2.24, 2.45) is 0 Å². The first-order chi connectivity index (χ1) is 11.4. The molecule has 2 aromatic rings. The Morgan fingerprint density at radius 3 is 2.42 bits per heavy atom. The Kier molecular flexibility index (Phi) is 4.67. The topological polar surface area (TPSA) is 70.1 Å². The Labute approximate surface area is 142 Å². The number of benzene rings is 2. The number of hydrogen-bond donors (Lipinski definition) is 1. The largest absolute Gasteiger partial charge is 0.508 e. The average molecular weight is 350 g/mol. The van der Waals surface area contributed by atoms with Crippen molar-refractivity contribution in [1.82, 2.24) is 9.21 Å². The average Bonchev–Trinajstić information content (AvgIpc) is 2.56. The Balaban J connectivity index is 1.84. The fourth-order valence-electron chi connectivity index (χ4n) is 3.09. The molecule has 3 rings (SSSR count). The second kappa shape index (κ2) is 6.58. The Hall–Kier alpha value is -1.83. The maximum absolute atomic E-state index is 11.6. The van der Waals surface area contributed by atoms with Gasteiger partial charge in [0.15, 0.2) is 0 Å². The zero-order chi connectivity index (χ0) is 17.3. The van der Waals surface area contributed by atoms with E-state index in [2.05, 4.69) is 4.90 Å². The van der Waals surface area contributed by atoms with Gasteiger partial charge in [-0.05, 0) is 29.0 Å². The lowest BCUT2D eigenvalue weighted by atomic mass is 10.0. The second-order valence-electron chi connectivity index (χ2n) is 6.09. The van der Waals surface area contributed by atoms with Gasteiger partial charge in [0, 0.05) is 38.3 Å². The number of piperazine rings is 1. The van der Waals surface area contributed by atoms with E-state index < -0.39 is 10.0 Å². The molecular weight excluding hydrogens is 328 g/mol. The van der Waals surface area contributed by atoms with E-state index in [-0.39, 0.29) is 5.75 Å². The number of phenolic OH excluding ortho intramolecular Hbond substituents is 1. The van der Waals surface area contributed by atoms with E-state index in [0.29, 0.717) is 32.7 Å². The van der Waals surface area contributed by atoms with Crippen molar-refractivity contribution >= 4 is 20.8 Å². The van der Waals surface area contributed by atoms with Gasteiger partial charge in [-0.25, -0.2) is 8.42 Å². The molecule has 0 aliphatic carbocycles. The Morgan fingerprint density at radius 1 is 1.12 bits per heavy atom. The van der Waals surface area contributed by atoms with E-state index >= 15 is 0 Å². The van der Waals surface area contributed by atoms with Crippen molar-refractivity contribution in [3.63, 3.8) is 0 Å². The van der Waals surface area contributed by atoms with Crippen molar-refractivity contribution in [2.75, 3.05) is 39.5 Å². The second-order valence-corrected chi connectivity index (χ2v) is 8.07. The molecule has 0 unspecified atom stereocenters. The van der Waals surface area contributed by atoms with Crippen LogP contribution in [-0.2, 0) is 16.6 Å². The fraction of sp³-hybridized carbons (Fsp3) is 0.412. The summed E-state index contributed by atoms with van der Waals surface area (Å²) < 4.78 is 30.0. The molecule has 1 fully saturated rings. The zero-order valence-electron chi connectivity index (χ0n) is 13.9. The summed E-state index contributed by atoms with van der Waals surface area (Å²) in [6, 6.07) is 9.38. The highest BCUT2D eigenvalue weighted by Gasteiger charge is 2.24. The number of nitrogens with zero attached hydrogens (tertiary/aromatic N) is 2. The summed E-state index contributed by atoms with van der Waals surface area (Å²) in [6.45, 7) is 2.83. The highest BCUT2D eigenvalue weighted by Crippen LogP contribution is 2.31. The maximum atomic E-state index is 11.6. The SMILES string of the molecule is COc1ccc2ccc(O)c(CN3CCN(S(C)(=O)=O)CC3)c2c1. The molecule has 130 valence electrons. The monoisotopic (exact) mass is 350 g/mol. The molecule has 0 spiro atoms. The fourth-order valence-corrected chi connectivity index (χ4v) is 3.91. The molecule has 6 nitrogen and oxygen atoms in total. The van der Waals surface area contributed by atoms with Crippen molar-refractivity contribution in [3.05, 3.63) is 35.9 Å². The first-order valence-electron chi connectivity index (χ1n) is 7.84. The molecule has 2 aromatic carbocycles. The summed E-state index contributed by atoms with van der Waals surface area (Å²) in [5.74, 6) is 0.998. The molecule has 0 saturated carbocycles. The van der Waals surface area contributed by atoms with Crippen LogP contribution in [0, 0.1) is 0 Å². The third-order valence-corrected chi connectivity index (χ3v) is 5.80. The van der Waals surface area contributed by atoms with Gasteiger partial charge in [-0.1, -0.05) is 12.1 Å². The van der Waals surface area contributed by atoms with Crippen LogP contribution in [0.15, 0.2) is 30.3 Å². The van der Waals surface area contributed by atoms with Crippen LogP contribution in [0.25, 0.3) is 10.8 Å². The molecule has 0 amide bonds. The van der Waals surface area contributed by atoms with E-state index in [9.17, 15) is 13.5 Å². The van der Waals surface area contributed by atoms with E-state index in [1.165, 1.54) is 10.6 Å². The lowest BCUT2D eigenvalue weighted by Gasteiger charge is -2.33. The summed E-state index contributed by atoms with van der Waals surface area (Å²) in [5, 5.41) is 12.3. The van der Waals surface area contributed by atoms with E-state index in [0.717, 1.165) is 22.1 Å². The molecule has 1 aliphatic rings. The van der Waals surface area contributed by atoms with Crippen LogP contribution in [-0.4, -0.2) is 62.3 Å². The lowest BCUT2D eigenvalue weighted by molar-refractivity contribution is 0.181. The van der Waals surface area contributed by atoms with Crippen molar-refractivity contribution in [2.45, 2.75) is 6.54 Å². The van der Waals surface area contributed by atoms with Crippen LogP contribution in [0.3, 0.4) is 0 Å². The van der Waals surface area contributed by atoms with Gasteiger partial charge in [0.05, 0.1) is 13.4 Å². The predicted molar refractivity (Wildman–Crippen MR) is 93.9 cm³/mol. The molecule has 0 aromatic heterocycles. The van der Waals surface area contributed by atoms with E-state index in [1.807, 2.05) is 24.3 Å². The summed E-state index contributed by atoms with van der Waals surface area (Å²) in [5.41, 5.74) is 0.846. The quantitative estimate of drug-likeness (QED) is 0.908. The van der Waals surface area contributed by atoms with Gasteiger partial charge < -0.3 is 9.84 Å². The normalized spacial score (nSPS) is 17.2. The number of phenols is 1. The van der Waals surface area contributed by atoms with Gasteiger partial charge in [0.25, 0.3) is 0 Å². The standard InChI is InChI=1S/C17H22N2O4S/c1-23-14-5-3-13-4-6-17(20)16(15(13)11-14)12-18-7-9-19(10-8-18)24(2,21)22/h3-6,11,20H,7-10,12H2,1-2H3. The molecule has 7 heteroatoms. The predicted octanol–water partition coefficient (Wildman–Crippen LogP) is 1.63. The maximum Gasteiger partial charge on any atom is 0.211 e. The minimum atomic E-state index is -3.13. The summed E-state index contributed by atoms with van der Waals surface area (Å²) in [7, 11) is -1.51. The van der Waals surface area contributed by atoms with Gasteiger partial charge in [-0.15, -0.1) is 0 Å². The Morgan fingerprint density at radius 2 is 1.79 bits per heavy atom. The third kappa shape index (κ3) is 3.48.